The summed E-state index contributed by atoms with van der Waals surface area (Å²) in [5, 5.41) is 3.16. The number of para-hydroxylation sites is 1. The Morgan fingerprint density at radius 1 is 0.972 bits per heavy atom. The second-order valence-corrected chi connectivity index (χ2v) is 9.31. The molecule has 4 aromatic rings. The molecule has 4 amide bonds. The van der Waals surface area contributed by atoms with Crippen molar-refractivity contribution in [3.8, 4) is 5.75 Å². The molecule has 0 bridgehead atoms. The number of barbiturate groups is 1. The van der Waals surface area contributed by atoms with E-state index in [9.17, 15) is 14.4 Å². The highest BCUT2D eigenvalue weighted by atomic mass is 79.9. The van der Waals surface area contributed by atoms with Crippen molar-refractivity contribution in [1.29, 1.82) is 0 Å². The number of carbonyl (C=O) groups excluding carboxylic acids is 3. The number of imide groups is 2. The second kappa shape index (κ2) is 9.83. The van der Waals surface area contributed by atoms with Gasteiger partial charge in [-0.15, -0.1) is 0 Å². The van der Waals surface area contributed by atoms with Gasteiger partial charge in [-0.3, -0.25) is 14.9 Å². The largest absolute Gasteiger partial charge is 0.492 e. The standard InChI is InChI=1S/C28H22BrN3O4/c1-18-5-4-6-22(15-18)36-14-13-31-17-19(23-7-2-3-8-25(23)31)16-24-26(33)30-28(35)32(27(24)34)21-11-9-20(29)10-12-21/h2-12,15-17H,13-14H2,1H3,(H,30,33,35). The molecule has 1 N–H and O–H groups in total. The molecule has 1 saturated heterocycles. The average molecular weight is 544 g/mol. The van der Waals surface area contributed by atoms with E-state index in [-0.39, 0.29) is 5.57 Å². The zero-order valence-electron chi connectivity index (χ0n) is 19.4. The monoisotopic (exact) mass is 543 g/mol. The van der Waals surface area contributed by atoms with E-state index in [1.165, 1.54) is 6.08 Å². The highest BCUT2D eigenvalue weighted by Crippen LogP contribution is 2.27. The molecule has 2 heterocycles. The molecule has 1 aliphatic heterocycles. The number of rotatable bonds is 6. The molecule has 1 aromatic heterocycles. The van der Waals surface area contributed by atoms with Crippen LogP contribution in [0.1, 0.15) is 11.1 Å². The van der Waals surface area contributed by atoms with E-state index in [1.807, 2.05) is 66.2 Å². The number of anilines is 1. The Hall–Kier alpha value is -4.17. The van der Waals surface area contributed by atoms with Crippen LogP contribution in [0.2, 0.25) is 0 Å². The molecule has 5 rings (SSSR count). The van der Waals surface area contributed by atoms with Gasteiger partial charge < -0.3 is 9.30 Å². The van der Waals surface area contributed by atoms with Crippen molar-refractivity contribution in [3.05, 3.63) is 100 Å². The lowest BCUT2D eigenvalue weighted by atomic mass is 10.1. The van der Waals surface area contributed by atoms with Gasteiger partial charge in [0.15, 0.2) is 0 Å². The molecule has 0 aliphatic carbocycles. The molecule has 36 heavy (non-hydrogen) atoms. The molecule has 1 fully saturated rings. The van der Waals surface area contributed by atoms with E-state index >= 15 is 0 Å². The molecule has 1 aliphatic rings. The van der Waals surface area contributed by atoms with E-state index in [1.54, 1.807) is 24.3 Å². The molecule has 0 atom stereocenters. The Morgan fingerprint density at radius 3 is 2.53 bits per heavy atom. The van der Waals surface area contributed by atoms with Crippen molar-refractivity contribution in [2.75, 3.05) is 11.5 Å². The zero-order valence-corrected chi connectivity index (χ0v) is 21.0. The van der Waals surface area contributed by atoms with Crippen LogP contribution >= 0.6 is 15.9 Å². The maximum atomic E-state index is 13.3. The first kappa shape index (κ1) is 23.6. The first-order valence-corrected chi connectivity index (χ1v) is 12.1. The van der Waals surface area contributed by atoms with Crippen LogP contribution in [-0.2, 0) is 16.1 Å². The Bertz CT molecular complexity index is 1520. The van der Waals surface area contributed by atoms with Gasteiger partial charge in [0.2, 0.25) is 0 Å². The molecule has 3 aromatic carbocycles. The number of halogens is 1. The van der Waals surface area contributed by atoms with Gasteiger partial charge in [0.25, 0.3) is 11.8 Å². The quantitative estimate of drug-likeness (QED) is 0.258. The van der Waals surface area contributed by atoms with Crippen molar-refractivity contribution in [2.45, 2.75) is 13.5 Å². The minimum Gasteiger partial charge on any atom is -0.492 e. The average Bonchev–Trinajstić information content (AvgIpc) is 3.20. The molecule has 0 radical (unpaired) electrons. The van der Waals surface area contributed by atoms with Gasteiger partial charge in [-0.25, -0.2) is 9.69 Å². The summed E-state index contributed by atoms with van der Waals surface area (Å²) in [5.74, 6) is -0.598. The summed E-state index contributed by atoms with van der Waals surface area (Å²) in [7, 11) is 0. The number of urea groups is 1. The summed E-state index contributed by atoms with van der Waals surface area (Å²) in [6.07, 6.45) is 3.43. The van der Waals surface area contributed by atoms with Gasteiger partial charge in [0.05, 0.1) is 12.2 Å². The Morgan fingerprint density at radius 2 is 1.75 bits per heavy atom. The fourth-order valence-corrected chi connectivity index (χ4v) is 4.44. The summed E-state index contributed by atoms with van der Waals surface area (Å²) in [6.45, 7) is 3.03. The lowest BCUT2D eigenvalue weighted by Crippen LogP contribution is -2.54. The zero-order chi connectivity index (χ0) is 25.2. The predicted octanol–water partition coefficient (Wildman–Crippen LogP) is 5.46. The van der Waals surface area contributed by atoms with Crippen LogP contribution in [0.3, 0.4) is 0 Å². The smallest absolute Gasteiger partial charge is 0.335 e. The summed E-state index contributed by atoms with van der Waals surface area (Å²) in [5.41, 5.74) is 3.02. The topological polar surface area (TPSA) is 80.6 Å². The molecule has 180 valence electrons. The highest BCUT2D eigenvalue weighted by Gasteiger charge is 2.37. The molecule has 0 saturated carbocycles. The number of benzene rings is 3. The van der Waals surface area contributed by atoms with E-state index in [0.717, 1.165) is 31.6 Å². The van der Waals surface area contributed by atoms with Crippen LogP contribution in [0.4, 0.5) is 10.5 Å². The first-order valence-electron chi connectivity index (χ1n) is 11.3. The van der Waals surface area contributed by atoms with E-state index in [4.69, 9.17) is 4.74 Å². The Labute approximate surface area is 216 Å². The summed E-state index contributed by atoms with van der Waals surface area (Å²) >= 11 is 3.34. The number of carbonyl (C=O) groups is 3. The lowest BCUT2D eigenvalue weighted by molar-refractivity contribution is -0.122. The third-order valence-corrected chi connectivity index (χ3v) is 6.42. The third-order valence-electron chi connectivity index (χ3n) is 5.90. The van der Waals surface area contributed by atoms with Crippen LogP contribution in [0.5, 0.6) is 5.75 Å². The molecular formula is C28H22BrN3O4. The normalized spacial score (nSPS) is 15.0. The highest BCUT2D eigenvalue weighted by molar-refractivity contribution is 9.10. The van der Waals surface area contributed by atoms with Crippen molar-refractivity contribution in [2.24, 2.45) is 0 Å². The molecule has 8 heteroatoms. The summed E-state index contributed by atoms with van der Waals surface area (Å²) in [4.78, 5) is 39.4. The van der Waals surface area contributed by atoms with Gasteiger partial charge in [0, 0.05) is 27.1 Å². The van der Waals surface area contributed by atoms with Crippen molar-refractivity contribution >= 4 is 56.4 Å². The lowest BCUT2D eigenvalue weighted by Gasteiger charge is -2.26. The van der Waals surface area contributed by atoms with Gasteiger partial charge in [0.1, 0.15) is 17.9 Å². The molecular weight excluding hydrogens is 522 g/mol. The van der Waals surface area contributed by atoms with Crippen molar-refractivity contribution in [3.63, 3.8) is 0 Å². The minimum absolute atomic E-state index is 0.114. The van der Waals surface area contributed by atoms with Gasteiger partial charge in [-0.1, -0.05) is 46.3 Å². The maximum absolute atomic E-state index is 13.3. The number of nitrogens with zero attached hydrogens (tertiary/aromatic N) is 2. The van der Waals surface area contributed by atoms with Crippen LogP contribution in [0.25, 0.3) is 17.0 Å². The Balaban J connectivity index is 1.45. The number of hydrogen-bond donors (Lipinski definition) is 1. The first-order chi connectivity index (χ1) is 17.4. The number of aromatic nitrogens is 1. The van der Waals surface area contributed by atoms with E-state index < -0.39 is 17.8 Å². The summed E-state index contributed by atoms with van der Waals surface area (Å²) < 4.78 is 8.75. The third kappa shape index (κ3) is 4.67. The van der Waals surface area contributed by atoms with Crippen LogP contribution in [0, 0.1) is 6.92 Å². The molecule has 0 spiro atoms. The minimum atomic E-state index is -0.778. The number of nitrogens with one attached hydrogen (secondary N) is 1. The predicted molar refractivity (Wildman–Crippen MR) is 142 cm³/mol. The number of hydrogen-bond acceptors (Lipinski definition) is 4. The fourth-order valence-electron chi connectivity index (χ4n) is 4.18. The molecule has 7 nitrogen and oxygen atoms in total. The van der Waals surface area contributed by atoms with Crippen molar-refractivity contribution in [1.82, 2.24) is 9.88 Å². The van der Waals surface area contributed by atoms with Crippen LogP contribution in [0.15, 0.2) is 89.0 Å². The van der Waals surface area contributed by atoms with Gasteiger partial charge in [-0.2, -0.15) is 0 Å². The van der Waals surface area contributed by atoms with Crippen LogP contribution in [-0.4, -0.2) is 29.0 Å². The molecule has 0 unspecified atom stereocenters. The van der Waals surface area contributed by atoms with E-state index in [2.05, 4.69) is 21.2 Å². The summed E-state index contributed by atoms with van der Waals surface area (Å²) in [6, 6.07) is 21.6. The van der Waals surface area contributed by atoms with Gasteiger partial charge >= 0.3 is 6.03 Å². The van der Waals surface area contributed by atoms with Crippen LogP contribution < -0.4 is 15.0 Å². The fraction of sp³-hybridized carbons (Fsp3) is 0.107. The number of amides is 4. The Kier molecular flexibility index (Phi) is 6.43. The number of ether oxygens (including phenoxy) is 1. The van der Waals surface area contributed by atoms with Gasteiger partial charge in [-0.05, 0) is 61.0 Å². The second-order valence-electron chi connectivity index (χ2n) is 8.39. The maximum Gasteiger partial charge on any atom is 0.335 e. The van der Waals surface area contributed by atoms with E-state index in [0.29, 0.717) is 24.4 Å². The number of fused-ring (bicyclic) bond motifs is 1. The SMILES string of the molecule is Cc1cccc(OCCn2cc(C=C3C(=O)NC(=O)N(c4ccc(Br)cc4)C3=O)c3ccccc32)c1. The van der Waals surface area contributed by atoms with Crippen molar-refractivity contribution < 1.29 is 19.1 Å². The number of aryl methyl sites for hydroxylation is 1.